The summed E-state index contributed by atoms with van der Waals surface area (Å²) < 4.78 is 11.9. The monoisotopic (exact) mass is 356 g/mol. The molecule has 1 aromatic carbocycles. The maximum absolute atomic E-state index is 11.8. The van der Waals surface area contributed by atoms with Gasteiger partial charge in [0.15, 0.2) is 5.82 Å². The number of methoxy groups -OCH3 is 1. The van der Waals surface area contributed by atoms with Crippen LogP contribution in [0.25, 0.3) is 5.65 Å². The number of carbonyl (C=O) groups is 1. The Labute approximate surface area is 150 Å². The fourth-order valence-corrected chi connectivity index (χ4v) is 2.34. The predicted octanol–water partition coefficient (Wildman–Crippen LogP) is 2.70. The third kappa shape index (κ3) is 4.00. The van der Waals surface area contributed by atoms with Gasteiger partial charge >= 0.3 is 6.09 Å². The van der Waals surface area contributed by atoms with E-state index < -0.39 is 6.09 Å². The standard InChI is InChI=1S/C17H20N6O3/c1-11(2)26-17(24)20-16-22-21-15-14(18-7-8-23(15)16)19-10-12-5-4-6-13(9-12)25-3/h4-9,11H,10H2,1-3H3,(H,18,19)(H,20,22,24). The van der Waals surface area contributed by atoms with Gasteiger partial charge in [0.2, 0.25) is 11.6 Å². The summed E-state index contributed by atoms with van der Waals surface area (Å²) in [5, 5.41) is 13.9. The molecular weight excluding hydrogens is 336 g/mol. The zero-order valence-corrected chi connectivity index (χ0v) is 14.8. The van der Waals surface area contributed by atoms with Gasteiger partial charge in [0.25, 0.3) is 0 Å². The molecule has 0 bridgehead atoms. The van der Waals surface area contributed by atoms with Gasteiger partial charge in [-0.25, -0.2) is 9.78 Å². The lowest BCUT2D eigenvalue weighted by Crippen LogP contribution is -2.19. The van der Waals surface area contributed by atoms with Gasteiger partial charge in [0.05, 0.1) is 13.2 Å². The summed E-state index contributed by atoms with van der Waals surface area (Å²) in [6, 6.07) is 7.72. The lowest BCUT2D eigenvalue weighted by atomic mass is 10.2. The molecule has 26 heavy (non-hydrogen) atoms. The molecule has 0 fully saturated rings. The van der Waals surface area contributed by atoms with Crippen LogP contribution in [0.4, 0.5) is 16.6 Å². The van der Waals surface area contributed by atoms with Crippen LogP contribution in [0.5, 0.6) is 5.75 Å². The van der Waals surface area contributed by atoms with Crippen LogP contribution >= 0.6 is 0 Å². The molecule has 0 radical (unpaired) electrons. The summed E-state index contributed by atoms with van der Waals surface area (Å²) in [6.07, 6.45) is 2.45. The Balaban J connectivity index is 1.76. The van der Waals surface area contributed by atoms with E-state index in [-0.39, 0.29) is 12.1 Å². The molecule has 2 heterocycles. The van der Waals surface area contributed by atoms with E-state index in [1.165, 1.54) is 0 Å². The molecule has 3 aromatic rings. The summed E-state index contributed by atoms with van der Waals surface area (Å²) >= 11 is 0. The minimum absolute atomic E-state index is 0.226. The summed E-state index contributed by atoms with van der Waals surface area (Å²) in [5.74, 6) is 1.60. The average molecular weight is 356 g/mol. The van der Waals surface area contributed by atoms with E-state index in [0.717, 1.165) is 11.3 Å². The summed E-state index contributed by atoms with van der Waals surface area (Å²) in [4.78, 5) is 16.1. The molecule has 0 aliphatic carbocycles. The number of hydrogen-bond donors (Lipinski definition) is 2. The van der Waals surface area contributed by atoms with Crippen molar-refractivity contribution >= 4 is 23.5 Å². The van der Waals surface area contributed by atoms with E-state index in [1.54, 1.807) is 37.8 Å². The van der Waals surface area contributed by atoms with Gasteiger partial charge in [0.1, 0.15) is 5.75 Å². The fraction of sp³-hybridized carbons (Fsp3) is 0.294. The van der Waals surface area contributed by atoms with Crippen LogP contribution in [0.2, 0.25) is 0 Å². The van der Waals surface area contributed by atoms with Gasteiger partial charge in [-0.15, -0.1) is 10.2 Å². The largest absolute Gasteiger partial charge is 0.497 e. The molecule has 9 heteroatoms. The Bertz CT molecular complexity index is 908. The maximum Gasteiger partial charge on any atom is 0.414 e. The highest BCUT2D eigenvalue weighted by Gasteiger charge is 2.14. The van der Waals surface area contributed by atoms with Gasteiger partial charge in [-0.3, -0.25) is 9.72 Å². The van der Waals surface area contributed by atoms with E-state index in [1.807, 2.05) is 24.3 Å². The molecule has 2 aromatic heterocycles. The van der Waals surface area contributed by atoms with Crippen molar-refractivity contribution in [2.45, 2.75) is 26.5 Å². The van der Waals surface area contributed by atoms with Crippen LogP contribution < -0.4 is 15.4 Å². The first-order valence-electron chi connectivity index (χ1n) is 8.11. The van der Waals surface area contributed by atoms with Crippen molar-refractivity contribution in [2.75, 3.05) is 17.7 Å². The van der Waals surface area contributed by atoms with Crippen molar-refractivity contribution < 1.29 is 14.3 Å². The van der Waals surface area contributed by atoms with Crippen LogP contribution in [0.1, 0.15) is 19.4 Å². The zero-order chi connectivity index (χ0) is 18.5. The maximum atomic E-state index is 11.8. The number of carbonyl (C=O) groups excluding carboxylic acids is 1. The number of ether oxygens (including phenoxy) is 2. The number of aromatic nitrogens is 4. The number of benzene rings is 1. The predicted molar refractivity (Wildman–Crippen MR) is 96.3 cm³/mol. The van der Waals surface area contributed by atoms with E-state index in [2.05, 4.69) is 25.8 Å². The first-order valence-corrected chi connectivity index (χ1v) is 8.11. The molecule has 0 aliphatic heterocycles. The number of fused-ring (bicyclic) bond motifs is 1. The van der Waals surface area contributed by atoms with Crippen molar-refractivity contribution in [2.24, 2.45) is 0 Å². The van der Waals surface area contributed by atoms with Crippen molar-refractivity contribution in [3.63, 3.8) is 0 Å². The average Bonchev–Trinajstić information content (AvgIpc) is 3.03. The van der Waals surface area contributed by atoms with Crippen molar-refractivity contribution in [1.82, 2.24) is 19.6 Å². The normalized spacial score (nSPS) is 10.8. The molecule has 0 saturated carbocycles. The Hall–Kier alpha value is -3.36. The summed E-state index contributed by atoms with van der Waals surface area (Å²) in [6.45, 7) is 4.08. The molecule has 0 aliphatic rings. The Morgan fingerprint density at radius 1 is 1.31 bits per heavy atom. The molecule has 136 valence electrons. The Morgan fingerprint density at radius 2 is 2.15 bits per heavy atom. The van der Waals surface area contributed by atoms with Gasteiger partial charge < -0.3 is 14.8 Å². The molecule has 0 saturated heterocycles. The number of nitrogens with one attached hydrogen (secondary N) is 2. The molecule has 1 amide bonds. The van der Waals surface area contributed by atoms with Gasteiger partial charge in [-0.2, -0.15) is 0 Å². The van der Waals surface area contributed by atoms with Crippen LogP contribution in [-0.4, -0.2) is 38.9 Å². The second-order valence-electron chi connectivity index (χ2n) is 5.78. The second-order valence-corrected chi connectivity index (χ2v) is 5.78. The van der Waals surface area contributed by atoms with Gasteiger partial charge in [-0.1, -0.05) is 12.1 Å². The quantitative estimate of drug-likeness (QED) is 0.700. The molecule has 0 spiro atoms. The molecule has 9 nitrogen and oxygen atoms in total. The zero-order valence-electron chi connectivity index (χ0n) is 14.8. The van der Waals surface area contributed by atoms with Gasteiger partial charge in [-0.05, 0) is 31.5 Å². The van der Waals surface area contributed by atoms with Gasteiger partial charge in [0, 0.05) is 18.9 Å². The molecule has 3 rings (SSSR count). The number of nitrogens with zero attached hydrogens (tertiary/aromatic N) is 4. The molecule has 0 unspecified atom stereocenters. The first kappa shape index (κ1) is 17.5. The minimum atomic E-state index is -0.586. The number of hydrogen-bond acceptors (Lipinski definition) is 7. The van der Waals surface area contributed by atoms with Crippen molar-refractivity contribution in [1.29, 1.82) is 0 Å². The highest BCUT2D eigenvalue weighted by atomic mass is 16.6. The topological polar surface area (TPSA) is 103 Å². The van der Waals surface area contributed by atoms with Crippen molar-refractivity contribution in [3.05, 3.63) is 42.2 Å². The Kier molecular flexibility index (Phi) is 5.16. The van der Waals surface area contributed by atoms with E-state index in [0.29, 0.717) is 18.0 Å². The highest BCUT2D eigenvalue weighted by molar-refractivity contribution is 5.83. The van der Waals surface area contributed by atoms with Crippen LogP contribution in [0, 0.1) is 0 Å². The molecular formula is C17H20N6O3. The van der Waals surface area contributed by atoms with E-state index in [9.17, 15) is 4.79 Å². The van der Waals surface area contributed by atoms with Crippen molar-refractivity contribution in [3.8, 4) is 5.75 Å². The fourth-order valence-electron chi connectivity index (χ4n) is 2.34. The minimum Gasteiger partial charge on any atom is -0.497 e. The molecule has 0 atom stereocenters. The SMILES string of the molecule is COc1cccc(CNc2nccn3c(NC(=O)OC(C)C)nnc23)c1. The first-order chi connectivity index (χ1) is 12.6. The third-order valence-corrected chi connectivity index (χ3v) is 3.48. The molecule has 2 N–H and O–H groups in total. The van der Waals surface area contributed by atoms with Crippen LogP contribution in [0.15, 0.2) is 36.7 Å². The summed E-state index contributed by atoms with van der Waals surface area (Å²) in [5.41, 5.74) is 1.53. The number of rotatable bonds is 6. The van der Waals surface area contributed by atoms with E-state index >= 15 is 0 Å². The summed E-state index contributed by atoms with van der Waals surface area (Å²) in [7, 11) is 1.63. The number of amides is 1. The van der Waals surface area contributed by atoms with E-state index in [4.69, 9.17) is 9.47 Å². The van der Waals surface area contributed by atoms with Crippen LogP contribution in [-0.2, 0) is 11.3 Å². The second kappa shape index (κ2) is 7.68. The smallest absolute Gasteiger partial charge is 0.414 e. The Morgan fingerprint density at radius 3 is 2.92 bits per heavy atom. The lowest BCUT2D eigenvalue weighted by molar-refractivity contribution is 0.129. The lowest BCUT2D eigenvalue weighted by Gasteiger charge is -2.09. The van der Waals surface area contributed by atoms with Crippen LogP contribution in [0.3, 0.4) is 0 Å². The highest BCUT2D eigenvalue weighted by Crippen LogP contribution is 2.18. The third-order valence-electron chi connectivity index (χ3n) is 3.48. The number of anilines is 2.